The molecule has 0 atom stereocenters. The van der Waals surface area contributed by atoms with Gasteiger partial charge in [0.15, 0.2) is 0 Å². The van der Waals surface area contributed by atoms with Gasteiger partial charge in [0.25, 0.3) is 5.91 Å². The lowest BCUT2D eigenvalue weighted by Crippen LogP contribution is -2.53. The zero-order valence-electron chi connectivity index (χ0n) is 11.8. The highest BCUT2D eigenvalue weighted by molar-refractivity contribution is 5.94. The van der Waals surface area contributed by atoms with Gasteiger partial charge in [-0.3, -0.25) is 4.79 Å². The van der Waals surface area contributed by atoms with Gasteiger partial charge in [-0.1, -0.05) is 25.1 Å². The highest BCUT2D eigenvalue weighted by Crippen LogP contribution is 2.08. The monoisotopic (exact) mass is 275 g/mol. The molecule has 1 heterocycles. The summed E-state index contributed by atoms with van der Waals surface area (Å²) >= 11 is 0. The Morgan fingerprint density at radius 3 is 2.25 bits per heavy atom. The summed E-state index contributed by atoms with van der Waals surface area (Å²) in [5.74, 6) is 0.0409. The van der Waals surface area contributed by atoms with E-state index in [0.717, 1.165) is 6.42 Å². The Labute approximate surface area is 119 Å². The number of nitrogens with zero attached hydrogens (tertiary/aromatic N) is 2. The second kappa shape index (κ2) is 6.93. The Bertz CT molecular complexity index is 453. The molecule has 2 rings (SSSR count). The number of hydrogen-bond acceptors (Lipinski definition) is 2. The lowest BCUT2D eigenvalue weighted by molar-refractivity contribution is 0.0665. The third kappa shape index (κ3) is 3.50. The van der Waals surface area contributed by atoms with Crippen LogP contribution in [0.5, 0.6) is 0 Å². The molecule has 5 nitrogen and oxygen atoms in total. The van der Waals surface area contributed by atoms with Crippen molar-refractivity contribution in [1.29, 1.82) is 0 Å². The molecule has 0 saturated carbocycles. The molecule has 1 aliphatic rings. The van der Waals surface area contributed by atoms with Crippen molar-refractivity contribution < 1.29 is 9.59 Å². The lowest BCUT2D eigenvalue weighted by Gasteiger charge is -2.34. The van der Waals surface area contributed by atoms with Crippen LogP contribution >= 0.6 is 0 Å². The summed E-state index contributed by atoms with van der Waals surface area (Å²) < 4.78 is 0. The van der Waals surface area contributed by atoms with Gasteiger partial charge < -0.3 is 15.1 Å². The van der Waals surface area contributed by atoms with E-state index in [-0.39, 0.29) is 11.9 Å². The number of nitrogens with one attached hydrogen (secondary N) is 1. The smallest absolute Gasteiger partial charge is 0.317 e. The zero-order valence-corrected chi connectivity index (χ0v) is 11.8. The summed E-state index contributed by atoms with van der Waals surface area (Å²) in [7, 11) is 0. The van der Waals surface area contributed by atoms with Crippen molar-refractivity contribution in [2.24, 2.45) is 0 Å². The van der Waals surface area contributed by atoms with Crippen LogP contribution in [0.15, 0.2) is 30.3 Å². The normalized spacial score (nSPS) is 15.1. The van der Waals surface area contributed by atoms with Crippen molar-refractivity contribution in [3.8, 4) is 0 Å². The maximum Gasteiger partial charge on any atom is 0.317 e. The van der Waals surface area contributed by atoms with E-state index in [2.05, 4.69) is 5.32 Å². The molecular formula is C15H21N3O2. The van der Waals surface area contributed by atoms with Crippen LogP contribution in [0.3, 0.4) is 0 Å². The molecule has 1 aliphatic heterocycles. The first-order chi connectivity index (χ1) is 9.72. The first-order valence-corrected chi connectivity index (χ1v) is 7.09. The van der Waals surface area contributed by atoms with Gasteiger partial charge in [0.05, 0.1) is 0 Å². The van der Waals surface area contributed by atoms with Crippen LogP contribution in [-0.2, 0) is 0 Å². The Hall–Kier alpha value is -2.04. The van der Waals surface area contributed by atoms with Crippen LogP contribution in [0.2, 0.25) is 0 Å². The summed E-state index contributed by atoms with van der Waals surface area (Å²) in [5, 5.41) is 2.86. The number of piperazine rings is 1. The van der Waals surface area contributed by atoms with E-state index in [1.165, 1.54) is 0 Å². The standard InChI is InChI=1S/C15H21N3O2/c1-2-8-16-15(20)18-11-9-17(10-12-18)14(19)13-6-4-3-5-7-13/h3-7H,2,8-12H2,1H3,(H,16,20). The highest BCUT2D eigenvalue weighted by Gasteiger charge is 2.24. The molecule has 1 aromatic rings. The molecule has 1 N–H and O–H groups in total. The topological polar surface area (TPSA) is 52.7 Å². The third-order valence-corrected chi connectivity index (χ3v) is 3.40. The molecule has 108 valence electrons. The minimum Gasteiger partial charge on any atom is -0.338 e. The molecule has 5 heteroatoms. The predicted molar refractivity (Wildman–Crippen MR) is 77.6 cm³/mol. The van der Waals surface area contributed by atoms with Crippen LogP contribution < -0.4 is 5.32 Å². The summed E-state index contributed by atoms with van der Waals surface area (Å²) in [5.41, 5.74) is 0.705. The van der Waals surface area contributed by atoms with Crippen LogP contribution in [0.1, 0.15) is 23.7 Å². The van der Waals surface area contributed by atoms with Gasteiger partial charge in [-0.2, -0.15) is 0 Å². The van der Waals surface area contributed by atoms with E-state index in [1.54, 1.807) is 9.80 Å². The van der Waals surface area contributed by atoms with Gasteiger partial charge in [0.1, 0.15) is 0 Å². The van der Waals surface area contributed by atoms with Gasteiger partial charge in [0, 0.05) is 38.3 Å². The largest absolute Gasteiger partial charge is 0.338 e. The number of amides is 3. The van der Waals surface area contributed by atoms with E-state index >= 15 is 0 Å². The number of rotatable bonds is 3. The molecule has 0 aliphatic carbocycles. The van der Waals surface area contributed by atoms with Gasteiger partial charge in [0.2, 0.25) is 0 Å². The molecule has 20 heavy (non-hydrogen) atoms. The van der Waals surface area contributed by atoms with E-state index in [4.69, 9.17) is 0 Å². The van der Waals surface area contributed by atoms with Gasteiger partial charge in [-0.15, -0.1) is 0 Å². The lowest BCUT2D eigenvalue weighted by atomic mass is 10.2. The Morgan fingerprint density at radius 2 is 1.65 bits per heavy atom. The van der Waals surface area contributed by atoms with Crippen molar-refractivity contribution in [2.45, 2.75) is 13.3 Å². The number of carbonyl (C=O) groups is 2. The highest BCUT2D eigenvalue weighted by atomic mass is 16.2. The average Bonchev–Trinajstić information content (AvgIpc) is 2.53. The number of hydrogen-bond donors (Lipinski definition) is 1. The van der Waals surface area contributed by atoms with E-state index in [9.17, 15) is 9.59 Å². The third-order valence-electron chi connectivity index (χ3n) is 3.40. The molecule has 0 aromatic heterocycles. The Balaban J connectivity index is 1.85. The van der Waals surface area contributed by atoms with E-state index < -0.39 is 0 Å². The fourth-order valence-electron chi connectivity index (χ4n) is 2.22. The summed E-state index contributed by atoms with van der Waals surface area (Å²) in [6, 6.07) is 9.24. The van der Waals surface area contributed by atoms with Gasteiger partial charge in [-0.05, 0) is 18.6 Å². The second-order valence-corrected chi connectivity index (χ2v) is 4.88. The van der Waals surface area contributed by atoms with Crippen LogP contribution in [0.4, 0.5) is 4.79 Å². The molecule has 3 amide bonds. The Morgan fingerprint density at radius 1 is 1.05 bits per heavy atom. The summed E-state index contributed by atoms with van der Waals surface area (Å²) in [4.78, 5) is 27.6. The fourth-order valence-corrected chi connectivity index (χ4v) is 2.22. The minimum atomic E-state index is -0.0290. The first-order valence-electron chi connectivity index (χ1n) is 7.09. The fraction of sp³-hybridized carbons (Fsp3) is 0.467. The summed E-state index contributed by atoms with van der Waals surface area (Å²) in [6.07, 6.45) is 0.929. The van der Waals surface area contributed by atoms with E-state index in [0.29, 0.717) is 38.3 Å². The molecule has 0 unspecified atom stereocenters. The van der Waals surface area contributed by atoms with Crippen molar-refractivity contribution in [2.75, 3.05) is 32.7 Å². The maximum absolute atomic E-state index is 12.3. The molecule has 1 fully saturated rings. The predicted octanol–water partition coefficient (Wildman–Crippen LogP) is 1.56. The number of benzene rings is 1. The molecule has 0 radical (unpaired) electrons. The van der Waals surface area contributed by atoms with Crippen molar-refractivity contribution in [1.82, 2.24) is 15.1 Å². The van der Waals surface area contributed by atoms with Crippen molar-refractivity contribution in [3.05, 3.63) is 35.9 Å². The van der Waals surface area contributed by atoms with Gasteiger partial charge >= 0.3 is 6.03 Å². The maximum atomic E-state index is 12.3. The molecule has 1 aromatic carbocycles. The minimum absolute atomic E-state index is 0.0290. The zero-order chi connectivity index (χ0) is 14.4. The first kappa shape index (κ1) is 14.4. The number of carbonyl (C=O) groups excluding carboxylic acids is 2. The Kier molecular flexibility index (Phi) is 4.98. The quantitative estimate of drug-likeness (QED) is 0.910. The van der Waals surface area contributed by atoms with E-state index in [1.807, 2.05) is 37.3 Å². The molecular weight excluding hydrogens is 254 g/mol. The van der Waals surface area contributed by atoms with Crippen LogP contribution in [-0.4, -0.2) is 54.5 Å². The van der Waals surface area contributed by atoms with Crippen molar-refractivity contribution >= 4 is 11.9 Å². The van der Waals surface area contributed by atoms with Crippen LogP contribution in [0, 0.1) is 0 Å². The van der Waals surface area contributed by atoms with Crippen LogP contribution in [0.25, 0.3) is 0 Å². The molecule has 1 saturated heterocycles. The van der Waals surface area contributed by atoms with Gasteiger partial charge in [-0.25, -0.2) is 4.79 Å². The SMILES string of the molecule is CCCNC(=O)N1CCN(C(=O)c2ccccc2)CC1. The molecule has 0 spiro atoms. The van der Waals surface area contributed by atoms with Crippen molar-refractivity contribution in [3.63, 3.8) is 0 Å². The second-order valence-electron chi connectivity index (χ2n) is 4.88. The molecule has 0 bridgehead atoms. The summed E-state index contributed by atoms with van der Waals surface area (Å²) in [6.45, 7) is 5.08. The average molecular weight is 275 g/mol. The number of urea groups is 1.